The summed E-state index contributed by atoms with van der Waals surface area (Å²) in [6, 6.07) is 29.3. The van der Waals surface area contributed by atoms with Gasteiger partial charge in [0.15, 0.2) is 0 Å². The Kier molecular flexibility index (Phi) is 5.83. The third-order valence-electron chi connectivity index (χ3n) is 3.08. The first-order valence-electron chi connectivity index (χ1n) is 6.50. The van der Waals surface area contributed by atoms with E-state index >= 15 is 0 Å². The molecule has 0 nitrogen and oxygen atoms in total. The molecule has 0 amide bonds. The fourth-order valence-corrected chi connectivity index (χ4v) is 2.22. The van der Waals surface area contributed by atoms with E-state index in [1.807, 2.05) is 30.3 Å². The molecular formula is C19H16Zr. The zero-order valence-corrected chi connectivity index (χ0v) is 13.7. The maximum absolute atomic E-state index is 3.34. The normalized spacial score (nSPS) is 9.50. The van der Waals surface area contributed by atoms with E-state index in [0.29, 0.717) is 0 Å². The van der Waals surface area contributed by atoms with E-state index in [4.69, 9.17) is 0 Å². The van der Waals surface area contributed by atoms with E-state index in [9.17, 15) is 0 Å². The van der Waals surface area contributed by atoms with Crippen LogP contribution < -0.4 is 0 Å². The van der Waals surface area contributed by atoms with E-state index in [0.717, 1.165) is 0 Å². The molecule has 0 aliphatic carbocycles. The molecule has 4 aromatic carbocycles. The molecule has 0 saturated heterocycles. The molecule has 4 aromatic rings. The quantitative estimate of drug-likeness (QED) is 0.393. The average molecular weight is 336 g/mol. The largest absolute Gasteiger partial charge is 0.214 e. The van der Waals surface area contributed by atoms with Crippen LogP contribution in [0.2, 0.25) is 0 Å². The summed E-state index contributed by atoms with van der Waals surface area (Å²) in [6.45, 7) is 0. The summed E-state index contributed by atoms with van der Waals surface area (Å²) in [7, 11) is 0. The van der Waals surface area contributed by atoms with E-state index in [-0.39, 0.29) is 0 Å². The summed E-state index contributed by atoms with van der Waals surface area (Å²) in [6.07, 6.45) is 0. The minimum absolute atomic E-state index is 1.30. The smallest absolute Gasteiger partial charge is 0.0771 e. The minimum Gasteiger partial charge on any atom is -0.214 e. The van der Waals surface area contributed by atoms with Crippen molar-refractivity contribution in [1.29, 1.82) is 0 Å². The predicted octanol–water partition coefficient (Wildman–Crippen LogP) is 5.08. The van der Waals surface area contributed by atoms with Gasteiger partial charge in [0.05, 0.1) is 0 Å². The molecule has 0 aliphatic rings. The van der Waals surface area contributed by atoms with Gasteiger partial charge in [0, 0.05) is 0 Å². The van der Waals surface area contributed by atoms with Crippen molar-refractivity contribution in [2.24, 2.45) is 0 Å². The van der Waals surface area contributed by atoms with Crippen molar-refractivity contribution < 1.29 is 24.2 Å². The predicted molar refractivity (Wildman–Crippen MR) is 86.2 cm³/mol. The molecule has 0 aromatic heterocycles. The van der Waals surface area contributed by atoms with Gasteiger partial charge in [-0.2, -0.15) is 18.2 Å². The van der Waals surface area contributed by atoms with Gasteiger partial charge in [-0.25, -0.2) is 12.1 Å². The third-order valence-corrected chi connectivity index (χ3v) is 3.08. The Labute approximate surface area is 134 Å². The van der Waals surface area contributed by atoms with Gasteiger partial charge in [0.1, 0.15) is 0 Å². The fraction of sp³-hybridized carbons (Fsp3) is 0. The summed E-state index contributed by atoms with van der Waals surface area (Å²) in [5.41, 5.74) is 0. The first-order chi connectivity index (χ1) is 9.95. The van der Waals surface area contributed by atoms with Gasteiger partial charge in [-0.3, -0.25) is 0 Å². The molecule has 96 valence electrons. The second kappa shape index (κ2) is 7.87. The van der Waals surface area contributed by atoms with Gasteiger partial charge in [0.2, 0.25) is 0 Å². The average Bonchev–Trinajstić information content (AvgIpc) is 3.20. The summed E-state index contributed by atoms with van der Waals surface area (Å²) in [5.74, 6) is 0. The van der Waals surface area contributed by atoms with Crippen molar-refractivity contribution in [3.05, 3.63) is 84.9 Å². The van der Waals surface area contributed by atoms with Gasteiger partial charge >= 0.3 is 28.4 Å². The number of rotatable bonds is 0. The van der Waals surface area contributed by atoms with Gasteiger partial charge in [0.25, 0.3) is 0 Å². The SMILES string of the molecule is [CH2]=[Zr+2].c1cc[cH-]c1.c1ccc2c(c1)[cH-]c1ccccc12. The topological polar surface area (TPSA) is 0 Å². The molecule has 1 heteroatoms. The van der Waals surface area contributed by atoms with Crippen molar-refractivity contribution in [1.82, 2.24) is 0 Å². The van der Waals surface area contributed by atoms with Crippen LogP contribution in [0, 0.1) is 0 Å². The van der Waals surface area contributed by atoms with E-state index in [1.54, 1.807) is 0 Å². The Morgan fingerprint density at radius 2 is 1.10 bits per heavy atom. The zero-order valence-electron chi connectivity index (χ0n) is 11.3. The van der Waals surface area contributed by atoms with E-state index in [1.165, 1.54) is 45.8 Å². The summed E-state index contributed by atoms with van der Waals surface area (Å²) < 4.78 is 3.34. The van der Waals surface area contributed by atoms with Crippen LogP contribution >= 0.6 is 0 Å². The Hall–Kier alpha value is -1.59. The van der Waals surface area contributed by atoms with Crippen LogP contribution in [0.1, 0.15) is 0 Å². The first-order valence-corrected chi connectivity index (χ1v) is 8.24. The van der Waals surface area contributed by atoms with Gasteiger partial charge in [-0.05, 0) is 0 Å². The minimum atomic E-state index is 1.30. The maximum atomic E-state index is 3.34. The standard InChI is InChI=1S/C13H9.C5H5.CH2.Zr/c1-3-7-12-10(5-1)9-11-6-2-4-8-13(11)12;1-2-4-5-3-1;;/h1-9H;1-5H;1H2;/q2*-1;;+2. The molecule has 0 N–H and O–H groups in total. The number of fused-ring (bicyclic) bond motifs is 3. The Morgan fingerprint density at radius 3 is 1.50 bits per heavy atom. The van der Waals surface area contributed by atoms with Crippen LogP contribution in [0.5, 0.6) is 0 Å². The van der Waals surface area contributed by atoms with Gasteiger partial charge < -0.3 is 0 Å². The Balaban J connectivity index is 0.000000177. The monoisotopic (exact) mass is 334 g/mol. The molecule has 0 spiro atoms. The van der Waals surface area contributed by atoms with Crippen molar-refractivity contribution in [3.8, 4) is 0 Å². The van der Waals surface area contributed by atoms with E-state index in [2.05, 4.69) is 58.8 Å². The Bertz CT molecular complexity index is 680. The number of hydrogen-bond donors (Lipinski definition) is 0. The summed E-state index contributed by atoms with van der Waals surface area (Å²) in [5, 5.41) is 5.39. The molecule has 4 rings (SSSR count). The van der Waals surface area contributed by atoms with Crippen molar-refractivity contribution >= 4 is 25.8 Å². The van der Waals surface area contributed by atoms with Crippen molar-refractivity contribution in [3.63, 3.8) is 0 Å². The molecular weight excluding hydrogens is 319 g/mol. The molecule has 0 atom stereocenters. The van der Waals surface area contributed by atoms with Crippen LogP contribution in [0.25, 0.3) is 21.5 Å². The number of hydrogen-bond acceptors (Lipinski definition) is 0. The Morgan fingerprint density at radius 1 is 0.650 bits per heavy atom. The molecule has 0 radical (unpaired) electrons. The zero-order chi connectivity index (χ0) is 14.2. The summed E-state index contributed by atoms with van der Waals surface area (Å²) >= 11 is 1.30. The van der Waals surface area contributed by atoms with Crippen LogP contribution in [0.3, 0.4) is 0 Å². The van der Waals surface area contributed by atoms with Crippen molar-refractivity contribution in [2.45, 2.75) is 0 Å². The second-order valence-corrected chi connectivity index (χ2v) is 4.28. The maximum Gasteiger partial charge on any atom is -0.0771 e. The molecule has 20 heavy (non-hydrogen) atoms. The van der Waals surface area contributed by atoms with E-state index < -0.39 is 0 Å². The van der Waals surface area contributed by atoms with Gasteiger partial charge in [-0.1, -0.05) is 36.4 Å². The van der Waals surface area contributed by atoms with Gasteiger partial charge in [-0.15, -0.1) is 39.7 Å². The van der Waals surface area contributed by atoms with Crippen LogP contribution in [-0.2, 0) is 24.2 Å². The molecule has 0 heterocycles. The fourth-order valence-electron chi connectivity index (χ4n) is 2.22. The van der Waals surface area contributed by atoms with Crippen molar-refractivity contribution in [2.75, 3.05) is 0 Å². The molecule has 0 fully saturated rings. The molecule has 0 aliphatic heterocycles. The second-order valence-electron chi connectivity index (χ2n) is 4.28. The summed E-state index contributed by atoms with van der Waals surface area (Å²) in [4.78, 5) is 0. The van der Waals surface area contributed by atoms with Crippen LogP contribution in [0.4, 0.5) is 0 Å². The molecule has 0 bridgehead atoms. The first kappa shape index (κ1) is 14.8. The van der Waals surface area contributed by atoms with Crippen LogP contribution in [0.15, 0.2) is 84.9 Å². The molecule has 0 unspecified atom stereocenters. The van der Waals surface area contributed by atoms with Crippen LogP contribution in [-0.4, -0.2) is 4.21 Å². The number of benzene rings is 2. The third kappa shape index (κ3) is 3.49. The molecule has 0 saturated carbocycles.